The summed E-state index contributed by atoms with van der Waals surface area (Å²) in [5, 5.41) is -0.648. The summed E-state index contributed by atoms with van der Waals surface area (Å²) in [7, 11) is 0.505. The monoisotopic (exact) mass is 314 g/mol. The fourth-order valence-corrected chi connectivity index (χ4v) is 9.06. The van der Waals surface area contributed by atoms with Crippen LogP contribution in [0.2, 0.25) is 0 Å². The Morgan fingerprint density at radius 3 is 1.47 bits per heavy atom. The second-order valence-corrected chi connectivity index (χ2v) is 10.6. The minimum atomic E-state index is -3.41. The van der Waals surface area contributed by atoms with Gasteiger partial charge in [0, 0.05) is 0 Å². The van der Waals surface area contributed by atoms with E-state index in [1.807, 2.05) is 6.92 Å². The molecule has 1 unspecified atom stereocenters. The van der Waals surface area contributed by atoms with E-state index < -0.39 is 20.4 Å². The van der Waals surface area contributed by atoms with Crippen LogP contribution in [0.25, 0.3) is 0 Å². The predicted octanol–water partition coefficient (Wildman–Crippen LogP) is 3.30. The van der Waals surface area contributed by atoms with Crippen molar-refractivity contribution >= 4 is 15.0 Å². The Hall–Kier alpha value is 0.300. The van der Waals surface area contributed by atoms with Gasteiger partial charge in [-0.2, -0.15) is 0 Å². The second kappa shape index (κ2) is 7.92. The maximum absolute atomic E-state index is 13.3. The average Bonchev–Trinajstić information content (AvgIpc) is 2.29. The molecule has 0 aliphatic rings. The van der Waals surface area contributed by atoms with Crippen molar-refractivity contribution in [1.29, 1.82) is 0 Å². The third kappa shape index (κ3) is 4.13. The molecule has 6 nitrogen and oxygen atoms in total. The minimum absolute atomic E-state index is 0.272. The van der Waals surface area contributed by atoms with Gasteiger partial charge in [0.1, 0.15) is 5.40 Å². The van der Waals surface area contributed by atoms with E-state index in [0.29, 0.717) is 6.42 Å². The number of hydrogen-bond donors (Lipinski definition) is 0. The molecule has 0 aromatic rings. The maximum Gasteiger partial charge on any atom is 0.343 e. The molecule has 116 valence electrons. The first-order valence-electron chi connectivity index (χ1n) is 6.54. The van der Waals surface area contributed by atoms with Crippen molar-refractivity contribution in [2.45, 2.75) is 32.6 Å². The van der Waals surface area contributed by atoms with Crippen molar-refractivity contribution in [3.05, 3.63) is 0 Å². The van der Waals surface area contributed by atoms with Gasteiger partial charge in [0.05, 0.1) is 13.2 Å². The van der Waals surface area contributed by atoms with E-state index >= 15 is 0 Å². The van der Waals surface area contributed by atoms with Crippen LogP contribution in [-0.4, -0.2) is 56.1 Å². The predicted molar refractivity (Wildman–Crippen MR) is 79.9 cm³/mol. The van der Waals surface area contributed by atoms with Crippen LogP contribution < -0.4 is 0 Å². The molecule has 0 fully saturated rings. The highest BCUT2D eigenvalue weighted by Gasteiger charge is 2.50. The molecular formula is C11H28N2O4P2. The zero-order chi connectivity index (χ0) is 15.3. The molecule has 0 aliphatic heterocycles. The van der Waals surface area contributed by atoms with Gasteiger partial charge in [0.15, 0.2) is 0 Å². The Morgan fingerprint density at radius 2 is 1.26 bits per heavy atom. The third-order valence-corrected chi connectivity index (χ3v) is 10.4. The molecule has 19 heavy (non-hydrogen) atoms. The average molecular weight is 314 g/mol. The van der Waals surface area contributed by atoms with E-state index in [2.05, 4.69) is 0 Å². The van der Waals surface area contributed by atoms with Crippen LogP contribution >= 0.6 is 15.0 Å². The highest BCUT2D eigenvalue weighted by atomic mass is 31.2. The van der Waals surface area contributed by atoms with Gasteiger partial charge in [-0.25, -0.2) is 9.34 Å². The van der Waals surface area contributed by atoms with Gasteiger partial charge < -0.3 is 9.05 Å². The third-order valence-electron chi connectivity index (χ3n) is 2.88. The topological polar surface area (TPSA) is 59.1 Å². The second-order valence-electron chi connectivity index (χ2n) is 4.55. The van der Waals surface area contributed by atoms with E-state index in [-0.39, 0.29) is 13.2 Å². The van der Waals surface area contributed by atoms with Crippen molar-refractivity contribution < 1.29 is 18.2 Å². The summed E-state index contributed by atoms with van der Waals surface area (Å²) in [6, 6.07) is 0. The standard InChI is InChI=1S/C11H28N2O4P2/c1-8-11(18(14,12(4)5)13(6)7)19(15,16-9-2)17-10-3/h11H,8-10H2,1-7H3. The van der Waals surface area contributed by atoms with Crippen LogP contribution in [0.5, 0.6) is 0 Å². The van der Waals surface area contributed by atoms with Crippen molar-refractivity contribution in [2.75, 3.05) is 41.4 Å². The summed E-state index contributed by atoms with van der Waals surface area (Å²) < 4.78 is 40.2. The molecule has 0 spiro atoms. The van der Waals surface area contributed by atoms with Crippen LogP contribution in [0.3, 0.4) is 0 Å². The van der Waals surface area contributed by atoms with Gasteiger partial charge in [-0.15, -0.1) is 0 Å². The van der Waals surface area contributed by atoms with Crippen LogP contribution in [0, 0.1) is 0 Å². The van der Waals surface area contributed by atoms with Gasteiger partial charge >= 0.3 is 7.60 Å². The van der Waals surface area contributed by atoms with E-state index in [1.54, 1.807) is 51.4 Å². The van der Waals surface area contributed by atoms with Crippen LogP contribution in [0.1, 0.15) is 27.2 Å². The lowest BCUT2D eigenvalue weighted by Gasteiger charge is -2.38. The van der Waals surface area contributed by atoms with E-state index in [9.17, 15) is 9.13 Å². The summed E-state index contributed by atoms with van der Waals surface area (Å²) in [5.74, 6) is 0. The summed E-state index contributed by atoms with van der Waals surface area (Å²) in [4.78, 5) is 0. The zero-order valence-electron chi connectivity index (χ0n) is 13.1. The van der Waals surface area contributed by atoms with Crippen LogP contribution in [0.15, 0.2) is 0 Å². The molecule has 1 atom stereocenters. The maximum atomic E-state index is 13.3. The molecule has 0 rings (SSSR count). The number of rotatable bonds is 9. The van der Waals surface area contributed by atoms with Gasteiger partial charge in [0.25, 0.3) is 0 Å². The molecule has 0 amide bonds. The lowest BCUT2D eigenvalue weighted by Crippen LogP contribution is -2.30. The van der Waals surface area contributed by atoms with E-state index in [1.165, 1.54) is 0 Å². The normalized spacial score (nSPS) is 15.2. The van der Waals surface area contributed by atoms with Crippen molar-refractivity contribution in [2.24, 2.45) is 0 Å². The van der Waals surface area contributed by atoms with Gasteiger partial charge in [-0.05, 0) is 48.5 Å². The molecular weight excluding hydrogens is 286 g/mol. The highest BCUT2D eigenvalue weighted by molar-refractivity contribution is 7.75. The lowest BCUT2D eigenvalue weighted by atomic mass is 10.6. The summed E-state index contributed by atoms with van der Waals surface area (Å²) in [5.41, 5.74) is 0. The molecule has 0 saturated heterocycles. The van der Waals surface area contributed by atoms with Crippen molar-refractivity contribution in [1.82, 2.24) is 9.34 Å². The molecule has 0 aromatic carbocycles. The fraction of sp³-hybridized carbons (Fsp3) is 1.00. The summed E-state index contributed by atoms with van der Waals surface area (Å²) in [6.45, 7) is 5.92. The molecule has 0 bridgehead atoms. The SMILES string of the molecule is CCOP(=O)(OCC)C(CC)P(=O)(N(C)C)N(C)C. The molecule has 0 N–H and O–H groups in total. The van der Waals surface area contributed by atoms with Crippen LogP contribution in [0.4, 0.5) is 0 Å². The van der Waals surface area contributed by atoms with E-state index in [0.717, 1.165) is 0 Å². The van der Waals surface area contributed by atoms with E-state index in [4.69, 9.17) is 9.05 Å². The largest absolute Gasteiger partial charge is 0.343 e. The molecule has 0 aliphatic carbocycles. The summed E-state index contributed by atoms with van der Waals surface area (Å²) in [6.07, 6.45) is 0.463. The fourth-order valence-electron chi connectivity index (χ4n) is 2.11. The molecule has 0 radical (unpaired) electrons. The zero-order valence-corrected chi connectivity index (χ0v) is 14.9. The first kappa shape index (κ1) is 19.3. The number of nitrogens with zero attached hydrogens (tertiary/aromatic N) is 2. The Bertz CT molecular complexity index is 339. The minimum Gasteiger partial charge on any atom is -0.308 e. The molecule has 8 heteroatoms. The lowest BCUT2D eigenvalue weighted by molar-refractivity contribution is 0.215. The quantitative estimate of drug-likeness (QED) is 0.609. The summed E-state index contributed by atoms with van der Waals surface area (Å²) >= 11 is 0. The Morgan fingerprint density at radius 1 is 0.895 bits per heavy atom. The van der Waals surface area contributed by atoms with Crippen molar-refractivity contribution in [3.8, 4) is 0 Å². The first-order chi connectivity index (χ1) is 8.70. The van der Waals surface area contributed by atoms with Crippen molar-refractivity contribution in [3.63, 3.8) is 0 Å². The van der Waals surface area contributed by atoms with Crippen LogP contribution in [-0.2, 0) is 18.2 Å². The van der Waals surface area contributed by atoms with Gasteiger partial charge in [0.2, 0.25) is 7.44 Å². The Balaban J connectivity index is 5.71. The molecule has 0 aromatic heterocycles. The first-order valence-corrected chi connectivity index (χ1v) is 9.84. The Labute approximate surface area is 117 Å². The van der Waals surface area contributed by atoms with Gasteiger partial charge in [-0.1, -0.05) is 6.92 Å². The van der Waals surface area contributed by atoms with Gasteiger partial charge in [-0.3, -0.25) is 9.13 Å². The smallest absolute Gasteiger partial charge is 0.308 e. The molecule has 0 heterocycles. The Kier molecular flexibility index (Phi) is 8.04. The number of hydrogen-bond acceptors (Lipinski definition) is 4. The highest BCUT2D eigenvalue weighted by Crippen LogP contribution is 2.71. The molecule has 0 saturated carbocycles.